The van der Waals surface area contributed by atoms with Crippen molar-refractivity contribution >= 4 is 16.8 Å². The molecule has 0 unspecified atom stereocenters. The minimum Gasteiger partial charge on any atom is -0.330 e. The lowest BCUT2D eigenvalue weighted by Gasteiger charge is -2.00. The molecule has 2 aromatic rings. The number of aromatic nitrogens is 1. The fraction of sp³-hybridized carbons (Fsp3) is 0.154. The van der Waals surface area contributed by atoms with Crippen molar-refractivity contribution in [1.29, 1.82) is 0 Å². The Hall–Kier alpha value is -1.67. The molecule has 0 saturated heterocycles. The summed E-state index contributed by atoms with van der Waals surface area (Å²) in [6, 6.07) is 10.3. The van der Waals surface area contributed by atoms with Gasteiger partial charge in [0.25, 0.3) is 0 Å². The number of hydrogen-bond acceptors (Lipinski definition) is 2. The second-order valence-corrected chi connectivity index (χ2v) is 3.40. The van der Waals surface area contributed by atoms with Gasteiger partial charge in [-0.1, -0.05) is 30.3 Å². The van der Waals surface area contributed by atoms with Crippen molar-refractivity contribution in [3.05, 3.63) is 48.3 Å². The number of hydrogen-bond donors (Lipinski definition) is 1. The van der Waals surface area contributed by atoms with Gasteiger partial charge in [0.05, 0.1) is 5.69 Å². The van der Waals surface area contributed by atoms with Crippen LogP contribution in [0.3, 0.4) is 0 Å². The predicted molar refractivity (Wildman–Crippen MR) is 64.4 cm³/mol. The smallest absolute Gasteiger partial charge is 0.0704 e. The first-order valence-electron chi connectivity index (χ1n) is 5.12. The Morgan fingerprint density at radius 1 is 1.20 bits per heavy atom. The maximum Gasteiger partial charge on any atom is 0.0704 e. The summed E-state index contributed by atoms with van der Waals surface area (Å²) in [7, 11) is 0. The molecule has 2 rings (SSSR count). The van der Waals surface area contributed by atoms with Gasteiger partial charge in [-0.2, -0.15) is 0 Å². The van der Waals surface area contributed by atoms with Gasteiger partial charge in [0.1, 0.15) is 0 Å². The lowest BCUT2D eigenvalue weighted by Crippen LogP contribution is -1.95. The quantitative estimate of drug-likeness (QED) is 0.823. The minimum absolute atomic E-state index is 0.682. The number of rotatable bonds is 3. The van der Waals surface area contributed by atoms with E-state index in [1.54, 1.807) is 0 Å². The van der Waals surface area contributed by atoms with E-state index >= 15 is 0 Å². The summed E-state index contributed by atoms with van der Waals surface area (Å²) in [5, 5.41) is 2.41. The van der Waals surface area contributed by atoms with Gasteiger partial charge < -0.3 is 5.73 Å². The molecule has 1 aromatic heterocycles. The first-order chi connectivity index (χ1) is 7.42. The van der Waals surface area contributed by atoms with E-state index in [2.05, 4.69) is 23.2 Å². The van der Waals surface area contributed by atoms with Crippen LogP contribution in [0.4, 0.5) is 0 Å². The fourth-order valence-corrected chi connectivity index (χ4v) is 1.57. The number of nitrogens with two attached hydrogens (primary N) is 1. The van der Waals surface area contributed by atoms with Crippen LogP contribution in [0.1, 0.15) is 12.1 Å². The van der Waals surface area contributed by atoms with Gasteiger partial charge in [0.2, 0.25) is 0 Å². The average Bonchev–Trinajstić information content (AvgIpc) is 2.30. The third-order valence-electron chi connectivity index (χ3n) is 2.31. The van der Waals surface area contributed by atoms with Crippen molar-refractivity contribution in [2.75, 3.05) is 6.54 Å². The molecule has 0 fully saturated rings. The zero-order valence-electron chi connectivity index (χ0n) is 8.56. The van der Waals surface area contributed by atoms with E-state index in [-0.39, 0.29) is 0 Å². The van der Waals surface area contributed by atoms with Crippen LogP contribution in [0.2, 0.25) is 0 Å². The highest BCUT2D eigenvalue weighted by Crippen LogP contribution is 2.17. The van der Waals surface area contributed by atoms with Crippen LogP contribution < -0.4 is 5.73 Å². The molecular weight excluding hydrogens is 184 g/mol. The minimum atomic E-state index is 0.682. The van der Waals surface area contributed by atoms with Gasteiger partial charge in [-0.3, -0.25) is 4.98 Å². The first-order valence-corrected chi connectivity index (χ1v) is 5.12. The lowest BCUT2D eigenvalue weighted by molar-refractivity contribution is 1.01. The zero-order valence-corrected chi connectivity index (χ0v) is 8.56. The molecule has 0 aliphatic rings. The Morgan fingerprint density at radius 2 is 2.07 bits per heavy atom. The second-order valence-electron chi connectivity index (χ2n) is 3.40. The average molecular weight is 198 g/mol. The van der Waals surface area contributed by atoms with E-state index in [0.29, 0.717) is 6.54 Å². The van der Waals surface area contributed by atoms with E-state index in [4.69, 9.17) is 5.73 Å². The summed E-state index contributed by atoms with van der Waals surface area (Å²) in [5.41, 5.74) is 6.45. The monoisotopic (exact) mass is 198 g/mol. The lowest BCUT2D eigenvalue weighted by atomic mass is 10.1. The summed E-state index contributed by atoms with van der Waals surface area (Å²) in [5.74, 6) is 0. The molecule has 1 aromatic carbocycles. The summed E-state index contributed by atoms with van der Waals surface area (Å²) >= 11 is 0. The summed E-state index contributed by atoms with van der Waals surface area (Å²) in [6.07, 6.45) is 6.83. The molecule has 0 aliphatic heterocycles. The van der Waals surface area contributed by atoms with E-state index in [0.717, 1.165) is 12.1 Å². The topological polar surface area (TPSA) is 38.9 Å². The van der Waals surface area contributed by atoms with Crippen molar-refractivity contribution in [1.82, 2.24) is 4.98 Å². The van der Waals surface area contributed by atoms with Crippen molar-refractivity contribution in [2.45, 2.75) is 6.42 Å². The van der Waals surface area contributed by atoms with Gasteiger partial charge in [0.15, 0.2) is 0 Å². The Labute approximate surface area is 89.4 Å². The maximum atomic E-state index is 5.43. The molecule has 2 heteroatoms. The van der Waals surface area contributed by atoms with Crippen LogP contribution in [0, 0.1) is 0 Å². The highest BCUT2D eigenvalue weighted by atomic mass is 14.7. The van der Waals surface area contributed by atoms with Gasteiger partial charge in [-0.05, 0) is 30.5 Å². The van der Waals surface area contributed by atoms with Crippen LogP contribution >= 0.6 is 0 Å². The Kier molecular flexibility index (Phi) is 3.10. The maximum absolute atomic E-state index is 5.43. The molecule has 76 valence electrons. The normalized spacial score (nSPS) is 11.3. The molecular formula is C13H14N2. The second kappa shape index (κ2) is 4.71. The van der Waals surface area contributed by atoms with Gasteiger partial charge in [-0.15, -0.1) is 0 Å². The van der Waals surface area contributed by atoms with Crippen LogP contribution in [-0.2, 0) is 0 Å². The molecule has 0 saturated carbocycles. The van der Waals surface area contributed by atoms with Gasteiger partial charge in [0, 0.05) is 11.6 Å². The fourth-order valence-electron chi connectivity index (χ4n) is 1.57. The van der Waals surface area contributed by atoms with Crippen LogP contribution in [-0.4, -0.2) is 11.5 Å². The predicted octanol–water partition coefficient (Wildman–Crippen LogP) is 2.60. The molecule has 1 heterocycles. The molecule has 0 radical (unpaired) electrons. The Morgan fingerprint density at radius 3 is 2.93 bits per heavy atom. The molecule has 15 heavy (non-hydrogen) atoms. The standard InChI is InChI=1S/C13H14N2/c14-9-4-3-7-13-12-6-2-1-5-11(12)8-10-15-13/h1-3,5-8,10H,4,9,14H2. The summed E-state index contributed by atoms with van der Waals surface area (Å²) in [4.78, 5) is 4.35. The number of nitrogens with zero attached hydrogens (tertiary/aromatic N) is 1. The van der Waals surface area contributed by atoms with Gasteiger partial charge in [-0.25, -0.2) is 0 Å². The highest BCUT2D eigenvalue weighted by Gasteiger charge is 1.96. The van der Waals surface area contributed by atoms with Gasteiger partial charge >= 0.3 is 0 Å². The Bertz CT molecular complexity index is 469. The summed E-state index contributed by atoms with van der Waals surface area (Å²) in [6.45, 7) is 0.682. The van der Waals surface area contributed by atoms with E-state index in [1.165, 1.54) is 10.8 Å². The molecule has 2 nitrogen and oxygen atoms in total. The van der Waals surface area contributed by atoms with Crippen LogP contribution in [0.25, 0.3) is 16.8 Å². The van der Waals surface area contributed by atoms with E-state index in [9.17, 15) is 0 Å². The zero-order chi connectivity index (χ0) is 10.5. The first kappa shape index (κ1) is 9.87. The third kappa shape index (κ3) is 2.22. The highest BCUT2D eigenvalue weighted by molar-refractivity contribution is 5.88. The molecule has 0 bridgehead atoms. The number of benzene rings is 1. The molecule has 0 aliphatic carbocycles. The van der Waals surface area contributed by atoms with Crippen molar-refractivity contribution in [3.8, 4) is 0 Å². The van der Waals surface area contributed by atoms with E-state index in [1.807, 2.05) is 30.5 Å². The third-order valence-corrected chi connectivity index (χ3v) is 2.31. The number of fused-ring (bicyclic) bond motifs is 1. The molecule has 0 atom stereocenters. The molecule has 2 N–H and O–H groups in total. The number of pyridine rings is 1. The van der Waals surface area contributed by atoms with E-state index < -0.39 is 0 Å². The summed E-state index contributed by atoms with van der Waals surface area (Å²) < 4.78 is 0. The van der Waals surface area contributed by atoms with Crippen molar-refractivity contribution in [2.24, 2.45) is 5.73 Å². The van der Waals surface area contributed by atoms with Crippen molar-refractivity contribution < 1.29 is 0 Å². The molecule has 0 spiro atoms. The van der Waals surface area contributed by atoms with Crippen LogP contribution in [0.5, 0.6) is 0 Å². The van der Waals surface area contributed by atoms with Crippen LogP contribution in [0.15, 0.2) is 42.6 Å². The SMILES string of the molecule is NCCC=Cc1nccc2ccccc12. The largest absolute Gasteiger partial charge is 0.330 e. The van der Waals surface area contributed by atoms with Crippen molar-refractivity contribution in [3.63, 3.8) is 0 Å². The Balaban J connectivity index is 2.42. The molecule has 0 amide bonds.